The zero-order valence-electron chi connectivity index (χ0n) is 12.0. The van der Waals surface area contributed by atoms with Crippen LogP contribution in [0.15, 0.2) is 45.6 Å². The van der Waals surface area contributed by atoms with Crippen molar-refractivity contribution in [3.05, 3.63) is 46.7 Å². The SMILES string of the molecule is COC(=O)C(C1=NC(=NC(=O)CCl)c2ccccc21)=C(C)O. The summed E-state index contributed by atoms with van der Waals surface area (Å²) in [5.41, 5.74) is 1.30. The number of hydrogen-bond acceptors (Lipinski definition) is 4. The molecule has 0 aliphatic carbocycles. The van der Waals surface area contributed by atoms with E-state index in [1.54, 1.807) is 24.3 Å². The molecule has 1 aromatic rings. The Balaban J connectivity index is 2.64. The molecule has 114 valence electrons. The van der Waals surface area contributed by atoms with Gasteiger partial charge in [-0.05, 0) is 6.92 Å². The van der Waals surface area contributed by atoms with Crippen LogP contribution in [0.5, 0.6) is 0 Å². The third kappa shape index (κ3) is 2.92. The lowest BCUT2D eigenvalue weighted by Crippen LogP contribution is -2.16. The fourth-order valence-electron chi connectivity index (χ4n) is 2.05. The quantitative estimate of drug-likeness (QED) is 0.399. The van der Waals surface area contributed by atoms with Crippen LogP contribution < -0.4 is 0 Å². The van der Waals surface area contributed by atoms with Crippen LogP contribution in [-0.4, -0.2) is 41.5 Å². The van der Waals surface area contributed by atoms with Gasteiger partial charge in [-0.2, -0.15) is 4.99 Å². The minimum atomic E-state index is -0.724. The maximum Gasteiger partial charge on any atom is 0.343 e. The molecule has 1 heterocycles. The second-order valence-corrected chi connectivity index (χ2v) is 4.69. The molecule has 1 aliphatic heterocycles. The number of amides is 1. The van der Waals surface area contributed by atoms with Crippen molar-refractivity contribution in [3.8, 4) is 0 Å². The Bertz CT molecular complexity index is 731. The fourth-order valence-corrected chi connectivity index (χ4v) is 2.11. The Labute approximate surface area is 131 Å². The highest BCUT2D eigenvalue weighted by Gasteiger charge is 2.30. The molecule has 1 aliphatic rings. The van der Waals surface area contributed by atoms with Gasteiger partial charge in [0.2, 0.25) is 0 Å². The lowest BCUT2D eigenvalue weighted by atomic mass is 9.99. The van der Waals surface area contributed by atoms with E-state index in [1.165, 1.54) is 14.0 Å². The predicted octanol–water partition coefficient (Wildman–Crippen LogP) is 2.01. The number of allylic oxidation sites excluding steroid dienone is 1. The van der Waals surface area contributed by atoms with Gasteiger partial charge in [-0.1, -0.05) is 24.3 Å². The molecule has 0 atom stereocenters. The van der Waals surface area contributed by atoms with Crippen molar-refractivity contribution in [1.29, 1.82) is 0 Å². The van der Waals surface area contributed by atoms with Crippen LogP contribution in [0.2, 0.25) is 0 Å². The van der Waals surface area contributed by atoms with E-state index in [0.717, 1.165) is 0 Å². The number of alkyl halides is 1. The number of benzene rings is 1. The highest BCUT2D eigenvalue weighted by molar-refractivity contribution is 6.37. The molecule has 0 radical (unpaired) electrons. The Morgan fingerprint density at radius 1 is 1.32 bits per heavy atom. The van der Waals surface area contributed by atoms with Gasteiger partial charge in [0.15, 0.2) is 5.84 Å². The molecule has 0 aromatic heterocycles. The number of hydrogen-bond donors (Lipinski definition) is 1. The number of ether oxygens (including phenoxy) is 1. The van der Waals surface area contributed by atoms with Gasteiger partial charge in [0.25, 0.3) is 5.91 Å². The summed E-state index contributed by atoms with van der Waals surface area (Å²) in [5, 5.41) is 9.78. The minimum Gasteiger partial charge on any atom is -0.512 e. The van der Waals surface area contributed by atoms with Crippen molar-refractivity contribution < 1.29 is 19.4 Å². The zero-order valence-corrected chi connectivity index (χ0v) is 12.7. The van der Waals surface area contributed by atoms with E-state index in [-0.39, 0.29) is 28.8 Å². The number of fused-ring (bicyclic) bond motifs is 1. The Morgan fingerprint density at radius 2 is 1.95 bits per heavy atom. The Morgan fingerprint density at radius 3 is 2.50 bits per heavy atom. The number of nitrogens with zero attached hydrogens (tertiary/aromatic N) is 2. The van der Waals surface area contributed by atoms with Crippen LogP contribution in [-0.2, 0) is 14.3 Å². The summed E-state index contributed by atoms with van der Waals surface area (Å²) in [6.45, 7) is 1.36. The Kier molecular flexibility index (Phi) is 4.72. The first kappa shape index (κ1) is 15.9. The number of methoxy groups -OCH3 is 1. The monoisotopic (exact) mass is 320 g/mol. The molecule has 1 aromatic carbocycles. The summed E-state index contributed by atoms with van der Waals surface area (Å²) in [4.78, 5) is 31.3. The maximum atomic E-state index is 11.9. The topological polar surface area (TPSA) is 88.3 Å². The number of carbonyl (C=O) groups excluding carboxylic acids is 2. The van der Waals surface area contributed by atoms with Crippen molar-refractivity contribution >= 4 is 35.0 Å². The second-order valence-electron chi connectivity index (χ2n) is 4.42. The van der Waals surface area contributed by atoms with E-state index in [4.69, 9.17) is 11.6 Å². The van der Waals surface area contributed by atoms with E-state index in [0.29, 0.717) is 11.1 Å². The van der Waals surface area contributed by atoms with Gasteiger partial charge in [0.05, 0.1) is 12.8 Å². The number of halogens is 1. The number of rotatable bonds is 3. The van der Waals surface area contributed by atoms with E-state index in [9.17, 15) is 14.7 Å². The molecule has 0 saturated heterocycles. The van der Waals surface area contributed by atoms with Gasteiger partial charge in [-0.15, -0.1) is 11.6 Å². The lowest BCUT2D eigenvalue weighted by molar-refractivity contribution is -0.135. The molecule has 6 nitrogen and oxygen atoms in total. The normalized spacial score (nSPS) is 16.0. The summed E-state index contributed by atoms with van der Waals surface area (Å²) >= 11 is 5.45. The van der Waals surface area contributed by atoms with E-state index in [2.05, 4.69) is 14.7 Å². The third-order valence-electron chi connectivity index (χ3n) is 2.97. The molecular formula is C15H13ClN2O4. The molecule has 0 unspecified atom stereocenters. The third-order valence-corrected chi connectivity index (χ3v) is 3.20. The molecular weight excluding hydrogens is 308 g/mol. The highest BCUT2D eigenvalue weighted by Crippen LogP contribution is 2.25. The molecule has 7 heteroatoms. The molecule has 0 spiro atoms. The smallest absolute Gasteiger partial charge is 0.343 e. The first-order valence-electron chi connectivity index (χ1n) is 6.34. The minimum absolute atomic E-state index is 0.0709. The van der Waals surface area contributed by atoms with Gasteiger partial charge >= 0.3 is 5.97 Å². The van der Waals surface area contributed by atoms with Crippen molar-refractivity contribution in [3.63, 3.8) is 0 Å². The summed E-state index contributed by atoms with van der Waals surface area (Å²) in [6.07, 6.45) is 0. The largest absolute Gasteiger partial charge is 0.512 e. The van der Waals surface area contributed by atoms with Gasteiger partial charge < -0.3 is 9.84 Å². The van der Waals surface area contributed by atoms with Gasteiger partial charge in [-0.3, -0.25) is 4.79 Å². The first-order chi connectivity index (χ1) is 10.5. The average Bonchev–Trinajstić information content (AvgIpc) is 2.85. The van der Waals surface area contributed by atoms with Crippen LogP contribution in [0.1, 0.15) is 18.1 Å². The highest BCUT2D eigenvalue weighted by atomic mass is 35.5. The van der Waals surface area contributed by atoms with Gasteiger partial charge in [0, 0.05) is 11.1 Å². The van der Waals surface area contributed by atoms with Crippen LogP contribution in [0.3, 0.4) is 0 Å². The average molecular weight is 321 g/mol. The molecule has 0 bridgehead atoms. The molecule has 0 fully saturated rings. The van der Waals surface area contributed by atoms with Crippen molar-refractivity contribution in [2.75, 3.05) is 13.0 Å². The summed E-state index contributed by atoms with van der Waals surface area (Å²) in [6, 6.07) is 6.94. The number of amidine groups is 1. The Hall–Kier alpha value is -2.47. The number of aliphatic hydroxyl groups is 1. The van der Waals surface area contributed by atoms with E-state index in [1.807, 2.05) is 0 Å². The zero-order chi connectivity index (χ0) is 16.3. The number of carbonyl (C=O) groups is 2. The molecule has 1 amide bonds. The molecule has 2 rings (SSSR count). The summed E-state index contributed by atoms with van der Waals surface area (Å²) in [7, 11) is 1.21. The van der Waals surface area contributed by atoms with Crippen LogP contribution in [0.4, 0.5) is 0 Å². The lowest BCUT2D eigenvalue weighted by Gasteiger charge is -2.07. The van der Waals surface area contributed by atoms with Crippen molar-refractivity contribution in [2.24, 2.45) is 9.98 Å². The fraction of sp³-hybridized carbons (Fsp3) is 0.200. The van der Waals surface area contributed by atoms with Crippen LogP contribution in [0, 0.1) is 0 Å². The van der Waals surface area contributed by atoms with Crippen LogP contribution in [0.25, 0.3) is 0 Å². The molecule has 0 saturated carbocycles. The summed E-state index contributed by atoms with van der Waals surface area (Å²) < 4.78 is 4.67. The first-order valence-corrected chi connectivity index (χ1v) is 6.87. The van der Waals surface area contributed by atoms with Gasteiger partial charge in [0.1, 0.15) is 17.2 Å². The maximum absolute atomic E-state index is 11.9. The number of aliphatic hydroxyl groups excluding tert-OH is 1. The molecule has 1 N–H and O–H groups in total. The summed E-state index contributed by atoms with van der Waals surface area (Å²) in [5.74, 6) is -1.61. The standard InChI is InChI=1S/C15H13ClN2O4/c1-8(19)12(15(21)22-2)13-9-5-3-4-6-10(9)14(18-13)17-11(20)7-16/h3-6,19H,7H2,1-2H3. The van der Waals surface area contributed by atoms with Crippen LogP contribution >= 0.6 is 11.6 Å². The number of esters is 1. The number of aliphatic imine (C=N–C) groups is 2. The van der Waals surface area contributed by atoms with E-state index < -0.39 is 11.9 Å². The predicted molar refractivity (Wildman–Crippen MR) is 82.6 cm³/mol. The van der Waals surface area contributed by atoms with Crippen molar-refractivity contribution in [2.45, 2.75) is 6.92 Å². The molecule has 22 heavy (non-hydrogen) atoms. The van der Waals surface area contributed by atoms with Crippen molar-refractivity contribution in [1.82, 2.24) is 0 Å². The van der Waals surface area contributed by atoms with Gasteiger partial charge in [-0.25, -0.2) is 9.79 Å². The second kappa shape index (κ2) is 6.53. The van der Waals surface area contributed by atoms with E-state index >= 15 is 0 Å².